The van der Waals surface area contributed by atoms with Gasteiger partial charge in [-0.3, -0.25) is 4.79 Å². The number of benzene rings is 2. The molecule has 1 saturated heterocycles. The van der Waals surface area contributed by atoms with Crippen molar-refractivity contribution in [3.63, 3.8) is 0 Å². The molecular weight excluding hydrogens is 390 g/mol. The number of rotatable bonds is 8. The Morgan fingerprint density at radius 2 is 1.72 bits per heavy atom. The zero-order chi connectivity index (χ0) is 20.7. The standard InChI is InChI=1S/C22H27NO5S/c1-27-19-10-12-20(13-11-19)28-17-22(24)23-15-6-5-7-18(23)14-16-29(25,26)21-8-3-2-4-9-21/h2-4,8-13,18H,5-7,14-17H2,1H3/t18-/m1/s1. The summed E-state index contributed by atoms with van der Waals surface area (Å²) in [5.74, 6) is 1.24. The average molecular weight is 418 g/mol. The average Bonchev–Trinajstić information content (AvgIpc) is 2.77. The van der Waals surface area contributed by atoms with Gasteiger partial charge in [-0.25, -0.2) is 8.42 Å². The molecule has 0 unspecified atom stereocenters. The van der Waals surface area contributed by atoms with Crippen molar-refractivity contribution >= 4 is 15.7 Å². The first-order valence-electron chi connectivity index (χ1n) is 9.84. The monoisotopic (exact) mass is 417 g/mol. The number of hydrogen-bond donors (Lipinski definition) is 0. The van der Waals surface area contributed by atoms with Crippen LogP contribution in [-0.2, 0) is 14.6 Å². The molecule has 3 rings (SSSR count). The molecule has 1 aliphatic rings. The maximum atomic E-state index is 12.7. The molecule has 1 amide bonds. The fourth-order valence-electron chi connectivity index (χ4n) is 3.57. The molecule has 1 atom stereocenters. The van der Waals surface area contributed by atoms with Crippen molar-refractivity contribution < 1.29 is 22.7 Å². The van der Waals surface area contributed by atoms with Crippen LogP contribution in [0.2, 0.25) is 0 Å². The smallest absolute Gasteiger partial charge is 0.260 e. The van der Waals surface area contributed by atoms with Crippen molar-refractivity contribution in [2.24, 2.45) is 0 Å². The maximum Gasteiger partial charge on any atom is 0.260 e. The van der Waals surface area contributed by atoms with Gasteiger partial charge in [0.15, 0.2) is 16.4 Å². The minimum Gasteiger partial charge on any atom is -0.497 e. The van der Waals surface area contributed by atoms with Gasteiger partial charge in [0.25, 0.3) is 5.91 Å². The normalized spacial score (nSPS) is 17.0. The van der Waals surface area contributed by atoms with Crippen LogP contribution in [0.25, 0.3) is 0 Å². The zero-order valence-electron chi connectivity index (χ0n) is 16.6. The molecule has 7 heteroatoms. The van der Waals surface area contributed by atoms with Gasteiger partial charge in [-0.15, -0.1) is 0 Å². The predicted octanol–water partition coefficient (Wildman–Crippen LogP) is 3.32. The van der Waals surface area contributed by atoms with E-state index in [1.807, 2.05) is 0 Å². The van der Waals surface area contributed by atoms with E-state index >= 15 is 0 Å². The van der Waals surface area contributed by atoms with Crippen molar-refractivity contribution in [1.29, 1.82) is 0 Å². The molecule has 156 valence electrons. The molecule has 1 fully saturated rings. The Kier molecular flexibility index (Phi) is 7.14. The molecule has 2 aromatic rings. The third kappa shape index (κ3) is 5.73. The summed E-state index contributed by atoms with van der Waals surface area (Å²) in [4.78, 5) is 14.8. The summed E-state index contributed by atoms with van der Waals surface area (Å²) in [6.45, 7) is 0.578. The molecule has 0 bridgehead atoms. The Balaban J connectivity index is 1.57. The number of carbonyl (C=O) groups is 1. The van der Waals surface area contributed by atoms with Gasteiger partial charge >= 0.3 is 0 Å². The number of sulfone groups is 1. The molecular formula is C22H27NO5S. The highest BCUT2D eigenvalue weighted by atomic mass is 32.2. The van der Waals surface area contributed by atoms with Crippen LogP contribution >= 0.6 is 0 Å². The van der Waals surface area contributed by atoms with Gasteiger partial charge in [-0.1, -0.05) is 18.2 Å². The Bertz CT molecular complexity index is 897. The highest BCUT2D eigenvalue weighted by Gasteiger charge is 2.28. The number of piperidine rings is 1. The molecule has 6 nitrogen and oxygen atoms in total. The van der Waals surface area contributed by atoms with Gasteiger partial charge in [0.2, 0.25) is 0 Å². The lowest BCUT2D eigenvalue weighted by Crippen LogP contribution is -2.46. The summed E-state index contributed by atoms with van der Waals surface area (Å²) >= 11 is 0. The third-order valence-corrected chi connectivity index (χ3v) is 6.95. The lowest BCUT2D eigenvalue weighted by atomic mass is 10.00. The molecule has 0 radical (unpaired) electrons. The van der Waals surface area contributed by atoms with Crippen molar-refractivity contribution in [2.75, 3.05) is 26.0 Å². The second kappa shape index (κ2) is 9.78. The van der Waals surface area contributed by atoms with Gasteiger partial charge in [0.05, 0.1) is 17.8 Å². The SMILES string of the molecule is COc1ccc(OCC(=O)N2CCCC[C@@H]2CCS(=O)(=O)c2ccccc2)cc1. The zero-order valence-corrected chi connectivity index (χ0v) is 17.4. The number of hydrogen-bond acceptors (Lipinski definition) is 5. The summed E-state index contributed by atoms with van der Waals surface area (Å²) in [6, 6.07) is 15.5. The Labute approximate surface area is 172 Å². The van der Waals surface area contributed by atoms with Crippen LogP contribution in [-0.4, -0.2) is 51.3 Å². The van der Waals surface area contributed by atoms with Crippen LogP contribution in [0.15, 0.2) is 59.5 Å². The number of likely N-dealkylation sites (tertiary alicyclic amines) is 1. The third-order valence-electron chi connectivity index (χ3n) is 5.19. The second-order valence-electron chi connectivity index (χ2n) is 7.12. The maximum absolute atomic E-state index is 12.7. The van der Waals surface area contributed by atoms with Crippen molar-refractivity contribution in [1.82, 2.24) is 4.90 Å². The lowest BCUT2D eigenvalue weighted by Gasteiger charge is -2.35. The van der Waals surface area contributed by atoms with Crippen LogP contribution in [0.5, 0.6) is 11.5 Å². The highest BCUT2D eigenvalue weighted by Crippen LogP contribution is 2.23. The molecule has 1 aliphatic heterocycles. The van der Waals surface area contributed by atoms with E-state index in [0.29, 0.717) is 23.6 Å². The van der Waals surface area contributed by atoms with Crippen molar-refractivity contribution in [3.05, 3.63) is 54.6 Å². The van der Waals surface area contributed by atoms with Gasteiger partial charge in [0, 0.05) is 12.6 Å². The predicted molar refractivity (Wildman–Crippen MR) is 111 cm³/mol. The second-order valence-corrected chi connectivity index (χ2v) is 9.23. The van der Waals surface area contributed by atoms with Gasteiger partial charge in [0.1, 0.15) is 11.5 Å². The molecule has 29 heavy (non-hydrogen) atoms. The molecule has 0 aromatic heterocycles. The summed E-state index contributed by atoms with van der Waals surface area (Å²) in [7, 11) is -1.76. The van der Waals surface area contributed by atoms with Crippen molar-refractivity contribution in [3.8, 4) is 11.5 Å². The molecule has 0 saturated carbocycles. The number of nitrogens with zero attached hydrogens (tertiary/aromatic N) is 1. The number of ether oxygens (including phenoxy) is 2. The van der Waals surface area contributed by atoms with E-state index in [1.165, 1.54) is 0 Å². The van der Waals surface area contributed by atoms with Crippen LogP contribution in [0.1, 0.15) is 25.7 Å². The molecule has 0 N–H and O–H groups in total. The Morgan fingerprint density at radius 1 is 1.03 bits per heavy atom. The van der Waals surface area contributed by atoms with Crippen LogP contribution in [0, 0.1) is 0 Å². The fourth-order valence-corrected chi connectivity index (χ4v) is 4.96. The first kappa shape index (κ1) is 21.2. The largest absolute Gasteiger partial charge is 0.497 e. The minimum absolute atomic E-state index is 0.0325. The quantitative estimate of drug-likeness (QED) is 0.659. The Morgan fingerprint density at radius 3 is 2.41 bits per heavy atom. The molecule has 0 aliphatic carbocycles. The molecule has 0 spiro atoms. The van der Waals surface area contributed by atoms with Gasteiger partial charge < -0.3 is 14.4 Å². The fraction of sp³-hybridized carbons (Fsp3) is 0.409. The first-order chi connectivity index (χ1) is 14.0. The first-order valence-corrected chi connectivity index (χ1v) is 11.5. The number of carbonyl (C=O) groups excluding carboxylic acids is 1. The highest BCUT2D eigenvalue weighted by molar-refractivity contribution is 7.91. The van der Waals surface area contributed by atoms with E-state index in [-0.39, 0.29) is 24.3 Å². The molecule has 1 heterocycles. The summed E-state index contributed by atoms with van der Waals surface area (Å²) < 4.78 is 35.9. The van der Waals surface area contributed by atoms with Crippen LogP contribution < -0.4 is 9.47 Å². The van der Waals surface area contributed by atoms with Crippen LogP contribution in [0.4, 0.5) is 0 Å². The minimum atomic E-state index is -3.35. The summed E-state index contributed by atoms with van der Waals surface area (Å²) in [5.41, 5.74) is 0. The van der Waals surface area contributed by atoms with Crippen LogP contribution in [0.3, 0.4) is 0 Å². The lowest BCUT2D eigenvalue weighted by molar-refractivity contribution is -0.137. The van der Waals surface area contributed by atoms with E-state index in [1.54, 1.807) is 66.6 Å². The Hall–Kier alpha value is -2.54. The van der Waals surface area contributed by atoms with E-state index in [2.05, 4.69) is 0 Å². The van der Waals surface area contributed by atoms with E-state index in [0.717, 1.165) is 25.0 Å². The summed E-state index contributed by atoms with van der Waals surface area (Å²) in [6.07, 6.45) is 3.18. The molecule has 2 aromatic carbocycles. The number of amides is 1. The van der Waals surface area contributed by atoms with Gasteiger partial charge in [-0.05, 0) is 62.1 Å². The van der Waals surface area contributed by atoms with Gasteiger partial charge in [-0.2, -0.15) is 0 Å². The van der Waals surface area contributed by atoms with E-state index in [9.17, 15) is 13.2 Å². The van der Waals surface area contributed by atoms with Crippen molar-refractivity contribution in [2.45, 2.75) is 36.6 Å². The number of methoxy groups -OCH3 is 1. The van der Waals surface area contributed by atoms with E-state index < -0.39 is 9.84 Å². The van der Waals surface area contributed by atoms with E-state index in [4.69, 9.17) is 9.47 Å². The summed E-state index contributed by atoms with van der Waals surface area (Å²) in [5, 5.41) is 0. The topological polar surface area (TPSA) is 72.9 Å².